The molecule has 3 aromatic rings. The van der Waals surface area contributed by atoms with Gasteiger partial charge in [0.15, 0.2) is 5.13 Å². The van der Waals surface area contributed by atoms with Crippen molar-refractivity contribution in [3.8, 4) is 5.75 Å². The number of nitrogens with zero attached hydrogens (tertiary/aromatic N) is 2. The van der Waals surface area contributed by atoms with E-state index in [1.807, 2.05) is 48.5 Å². The van der Waals surface area contributed by atoms with E-state index in [0.29, 0.717) is 23.8 Å². The lowest BCUT2D eigenvalue weighted by Gasteiger charge is -2.23. The number of rotatable bonds is 8. The lowest BCUT2D eigenvalue weighted by atomic mass is 10.1. The van der Waals surface area contributed by atoms with Crippen LogP contribution >= 0.6 is 11.3 Å². The number of carbonyl (C=O) groups excluding carboxylic acids is 1. The second kappa shape index (κ2) is 9.37. The fourth-order valence-corrected chi connectivity index (χ4v) is 4.40. The number of hydrogen-bond acceptors (Lipinski definition) is 5. The van der Waals surface area contributed by atoms with E-state index >= 15 is 0 Å². The molecule has 2 aromatic carbocycles. The molecule has 5 nitrogen and oxygen atoms in total. The number of hydrogen-bond donors (Lipinski definition) is 0. The normalized spacial score (nSPS) is 16.2. The monoisotopic (exact) mass is 410 g/mol. The molecular weight excluding hydrogens is 384 g/mol. The minimum Gasteiger partial charge on any atom is -0.494 e. The molecule has 1 unspecified atom stereocenters. The topological polar surface area (TPSA) is 51.7 Å². The van der Waals surface area contributed by atoms with Crippen LogP contribution in [0.2, 0.25) is 0 Å². The number of unbranched alkanes of at least 4 members (excludes halogenated alkanes) is 1. The first-order chi connectivity index (χ1) is 14.2. The number of amides is 1. The van der Waals surface area contributed by atoms with Crippen molar-refractivity contribution in [2.24, 2.45) is 0 Å². The Morgan fingerprint density at radius 3 is 2.97 bits per heavy atom. The Balaban J connectivity index is 1.61. The molecule has 152 valence electrons. The maximum Gasteiger partial charge on any atom is 0.260 e. The lowest BCUT2D eigenvalue weighted by molar-refractivity contribution is 0.0917. The molecular formula is C23H26N2O3S. The highest BCUT2D eigenvalue weighted by atomic mass is 32.1. The molecule has 6 heteroatoms. The van der Waals surface area contributed by atoms with E-state index in [2.05, 4.69) is 6.92 Å². The highest BCUT2D eigenvalue weighted by Gasteiger charge is 2.27. The maximum absolute atomic E-state index is 13.5. The van der Waals surface area contributed by atoms with Crippen molar-refractivity contribution in [2.75, 3.05) is 24.7 Å². The zero-order chi connectivity index (χ0) is 20.1. The van der Waals surface area contributed by atoms with Gasteiger partial charge in [0.05, 0.1) is 29.5 Å². The number of ether oxygens (including phenoxy) is 2. The van der Waals surface area contributed by atoms with Crippen molar-refractivity contribution in [3.63, 3.8) is 0 Å². The molecule has 1 atom stereocenters. The van der Waals surface area contributed by atoms with Gasteiger partial charge >= 0.3 is 0 Å². The van der Waals surface area contributed by atoms with Crippen LogP contribution in [0.1, 0.15) is 43.0 Å². The highest BCUT2D eigenvalue weighted by molar-refractivity contribution is 7.22. The van der Waals surface area contributed by atoms with Gasteiger partial charge in [-0.05, 0) is 49.6 Å². The van der Waals surface area contributed by atoms with Gasteiger partial charge in [0, 0.05) is 12.2 Å². The van der Waals surface area contributed by atoms with Crippen molar-refractivity contribution in [1.82, 2.24) is 4.98 Å². The van der Waals surface area contributed by atoms with Crippen molar-refractivity contribution >= 4 is 32.6 Å². The Morgan fingerprint density at radius 1 is 1.28 bits per heavy atom. The first-order valence-corrected chi connectivity index (χ1v) is 11.1. The van der Waals surface area contributed by atoms with Crippen molar-refractivity contribution in [2.45, 2.75) is 38.7 Å². The largest absolute Gasteiger partial charge is 0.494 e. The van der Waals surface area contributed by atoms with Gasteiger partial charge in [-0.1, -0.05) is 42.9 Å². The summed E-state index contributed by atoms with van der Waals surface area (Å²) in [5, 5.41) is 0.712. The Morgan fingerprint density at radius 2 is 2.17 bits per heavy atom. The number of benzene rings is 2. The summed E-state index contributed by atoms with van der Waals surface area (Å²) >= 11 is 1.54. The van der Waals surface area contributed by atoms with Crippen LogP contribution in [-0.4, -0.2) is 36.8 Å². The molecule has 2 heterocycles. The molecule has 1 amide bonds. The molecule has 0 N–H and O–H groups in total. The minimum atomic E-state index is -0.0690. The van der Waals surface area contributed by atoms with Gasteiger partial charge in [0.25, 0.3) is 5.91 Å². The Hall–Kier alpha value is -2.44. The molecule has 29 heavy (non-hydrogen) atoms. The third-order valence-corrected chi connectivity index (χ3v) is 6.08. The quantitative estimate of drug-likeness (QED) is 0.473. The predicted octanol–water partition coefficient (Wildman–Crippen LogP) is 5.30. The van der Waals surface area contributed by atoms with Gasteiger partial charge in [-0.2, -0.15) is 0 Å². The summed E-state index contributed by atoms with van der Waals surface area (Å²) in [7, 11) is 0. The predicted molar refractivity (Wildman–Crippen MR) is 117 cm³/mol. The van der Waals surface area contributed by atoms with E-state index in [-0.39, 0.29) is 12.0 Å². The molecule has 1 saturated heterocycles. The number of thiazole rings is 1. The van der Waals surface area contributed by atoms with Gasteiger partial charge < -0.3 is 9.47 Å². The minimum absolute atomic E-state index is 0.0509. The molecule has 0 bridgehead atoms. The summed E-state index contributed by atoms with van der Waals surface area (Å²) in [6, 6.07) is 15.4. The third kappa shape index (κ3) is 4.77. The fraction of sp³-hybridized carbons (Fsp3) is 0.391. The third-order valence-electron chi connectivity index (χ3n) is 5.02. The van der Waals surface area contributed by atoms with E-state index < -0.39 is 0 Å². The molecule has 0 spiro atoms. The van der Waals surface area contributed by atoms with E-state index in [1.54, 1.807) is 4.90 Å². The molecule has 0 aliphatic carbocycles. The Labute approximate surface area is 175 Å². The fourth-order valence-electron chi connectivity index (χ4n) is 3.42. The number of anilines is 1. The lowest BCUT2D eigenvalue weighted by Crippen LogP contribution is -2.37. The van der Waals surface area contributed by atoms with Crippen LogP contribution in [0, 0.1) is 0 Å². The summed E-state index contributed by atoms with van der Waals surface area (Å²) in [5.74, 6) is 0.658. The summed E-state index contributed by atoms with van der Waals surface area (Å²) in [6.07, 6.45) is 4.12. The standard InChI is InChI=1S/C23H26N2O3S/c1-2-3-13-27-18-9-6-8-17(15-18)22(26)25(16-19-10-7-14-28-19)23-24-20-11-4-5-12-21(20)29-23/h4-6,8-9,11-12,15,19H,2-3,7,10,13-14,16H2,1H3. The molecule has 1 aliphatic rings. The summed E-state index contributed by atoms with van der Waals surface area (Å²) in [4.78, 5) is 20.0. The van der Waals surface area contributed by atoms with Gasteiger partial charge in [-0.15, -0.1) is 0 Å². The van der Waals surface area contributed by atoms with E-state index in [1.165, 1.54) is 11.3 Å². The number of aromatic nitrogens is 1. The van der Waals surface area contributed by atoms with E-state index in [9.17, 15) is 4.79 Å². The molecule has 1 aliphatic heterocycles. The van der Waals surface area contributed by atoms with Gasteiger partial charge in [0.1, 0.15) is 5.75 Å². The molecule has 1 aromatic heterocycles. The van der Waals surface area contributed by atoms with Crippen molar-refractivity contribution < 1.29 is 14.3 Å². The molecule has 4 rings (SSSR count). The average Bonchev–Trinajstić information content (AvgIpc) is 3.41. The van der Waals surface area contributed by atoms with Gasteiger partial charge in [-0.25, -0.2) is 4.98 Å². The van der Waals surface area contributed by atoms with Crippen molar-refractivity contribution in [1.29, 1.82) is 0 Å². The van der Waals surface area contributed by atoms with Crippen LogP contribution in [0.5, 0.6) is 5.75 Å². The Kier molecular flexibility index (Phi) is 6.42. The zero-order valence-electron chi connectivity index (χ0n) is 16.7. The second-order valence-electron chi connectivity index (χ2n) is 7.24. The van der Waals surface area contributed by atoms with Crippen molar-refractivity contribution in [3.05, 3.63) is 54.1 Å². The Bertz CT molecular complexity index is 932. The zero-order valence-corrected chi connectivity index (χ0v) is 17.5. The van der Waals surface area contributed by atoms with Gasteiger partial charge in [0.2, 0.25) is 0 Å². The summed E-state index contributed by atoms with van der Waals surface area (Å²) < 4.78 is 12.7. The number of carbonyl (C=O) groups is 1. The van der Waals surface area contributed by atoms with Crippen LogP contribution in [0.25, 0.3) is 10.2 Å². The van der Waals surface area contributed by atoms with Crippen LogP contribution in [0.15, 0.2) is 48.5 Å². The van der Waals surface area contributed by atoms with Crippen LogP contribution < -0.4 is 9.64 Å². The first-order valence-electron chi connectivity index (χ1n) is 10.3. The number of fused-ring (bicyclic) bond motifs is 1. The van der Waals surface area contributed by atoms with Gasteiger partial charge in [-0.3, -0.25) is 9.69 Å². The number of para-hydroxylation sites is 1. The van der Waals surface area contributed by atoms with Crippen LogP contribution in [0.4, 0.5) is 5.13 Å². The summed E-state index contributed by atoms with van der Waals surface area (Å²) in [5.41, 5.74) is 1.52. The highest BCUT2D eigenvalue weighted by Crippen LogP contribution is 2.31. The first kappa shape index (κ1) is 19.9. The smallest absolute Gasteiger partial charge is 0.260 e. The van der Waals surface area contributed by atoms with E-state index in [0.717, 1.165) is 48.3 Å². The molecule has 0 saturated carbocycles. The van der Waals surface area contributed by atoms with Crippen LogP contribution in [-0.2, 0) is 4.74 Å². The molecule has 1 fully saturated rings. The summed E-state index contributed by atoms with van der Waals surface area (Å²) in [6.45, 7) is 4.06. The van der Waals surface area contributed by atoms with E-state index in [4.69, 9.17) is 14.5 Å². The molecule has 0 radical (unpaired) electrons. The van der Waals surface area contributed by atoms with Crippen LogP contribution in [0.3, 0.4) is 0 Å². The second-order valence-corrected chi connectivity index (χ2v) is 8.25. The average molecular weight is 411 g/mol. The SMILES string of the molecule is CCCCOc1cccc(C(=O)N(CC2CCCO2)c2nc3ccccc3s2)c1. The maximum atomic E-state index is 13.5.